The molecule has 3 nitrogen and oxygen atoms in total. The Labute approximate surface area is 143 Å². The summed E-state index contributed by atoms with van der Waals surface area (Å²) in [4.78, 5) is 12.5. The van der Waals surface area contributed by atoms with Gasteiger partial charge < -0.3 is 9.68 Å². The van der Waals surface area contributed by atoms with Crippen molar-refractivity contribution in [1.29, 1.82) is 0 Å². The fourth-order valence-electron chi connectivity index (χ4n) is 3.17. The van der Waals surface area contributed by atoms with Crippen LogP contribution in [0.25, 0.3) is 0 Å². The van der Waals surface area contributed by atoms with Gasteiger partial charge in [-0.05, 0) is 40.9 Å². The predicted molar refractivity (Wildman–Crippen MR) is 96.7 cm³/mol. The van der Waals surface area contributed by atoms with Crippen LogP contribution < -0.4 is 5.46 Å². The molecule has 0 saturated heterocycles. The average Bonchev–Trinajstić information content (AvgIpc) is 2.56. The van der Waals surface area contributed by atoms with Gasteiger partial charge in [-0.3, -0.25) is 4.79 Å². The summed E-state index contributed by atoms with van der Waals surface area (Å²) in [6.07, 6.45) is 2.17. The minimum atomic E-state index is -0.876. The predicted octanol–water partition coefficient (Wildman–Crippen LogP) is 2.57. The van der Waals surface area contributed by atoms with Gasteiger partial charge in [0.1, 0.15) is 0 Å². The highest BCUT2D eigenvalue weighted by Gasteiger charge is 2.25. The molecule has 4 heteroatoms. The number of ketones is 1. The number of carbonyl (C=O) groups excluding carboxylic acids is 1. The van der Waals surface area contributed by atoms with Crippen molar-refractivity contribution in [1.82, 2.24) is 0 Å². The molecule has 0 fully saturated rings. The summed E-state index contributed by atoms with van der Waals surface area (Å²) in [5.41, 5.74) is 4.80. The van der Waals surface area contributed by atoms with Crippen LogP contribution in [0, 0.1) is 5.92 Å². The summed E-state index contributed by atoms with van der Waals surface area (Å²) in [6.45, 7) is 4.91. The average molecular weight is 322 g/mol. The van der Waals surface area contributed by atoms with Gasteiger partial charge in [0.15, 0.2) is 5.78 Å². The zero-order valence-corrected chi connectivity index (χ0v) is 14.3. The second-order valence-corrected chi connectivity index (χ2v) is 6.90. The van der Waals surface area contributed by atoms with Gasteiger partial charge in [-0.2, -0.15) is 0 Å². The number of benzene rings is 2. The van der Waals surface area contributed by atoms with Gasteiger partial charge in [0.25, 0.3) is 0 Å². The second kappa shape index (κ2) is 7.33. The first-order valence-corrected chi connectivity index (χ1v) is 8.56. The van der Waals surface area contributed by atoms with E-state index in [0.717, 1.165) is 35.0 Å². The lowest BCUT2D eigenvalue weighted by Crippen LogP contribution is -2.41. The Morgan fingerprint density at radius 2 is 1.88 bits per heavy atom. The molecule has 3 rings (SSSR count). The third-order valence-corrected chi connectivity index (χ3v) is 4.41. The van der Waals surface area contributed by atoms with Crippen LogP contribution in [0.5, 0.6) is 0 Å². The lowest BCUT2D eigenvalue weighted by molar-refractivity contribution is 0.0993. The lowest BCUT2D eigenvalue weighted by Gasteiger charge is -2.19. The van der Waals surface area contributed by atoms with Gasteiger partial charge >= 0.3 is 7.12 Å². The van der Waals surface area contributed by atoms with Crippen LogP contribution in [0.15, 0.2) is 42.5 Å². The zero-order valence-electron chi connectivity index (χ0n) is 14.3. The van der Waals surface area contributed by atoms with Crippen LogP contribution >= 0.6 is 0 Å². The summed E-state index contributed by atoms with van der Waals surface area (Å²) in [5, 5.41) is 9.93. The molecular formula is C20H23BO3. The van der Waals surface area contributed by atoms with Gasteiger partial charge in [-0.1, -0.05) is 56.3 Å². The normalized spacial score (nSPS) is 13.9. The lowest BCUT2D eigenvalue weighted by atomic mass is 9.73. The second-order valence-electron chi connectivity index (χ2n) is 6.90. The molecule has 2 aromatic carbocycles. The molecule has 1 aliphatic heterocycles. The van der Waals surface area contributed by atoms with Crippen molar-refractivity contribution in [2.75, 3.05) is 6.61 Å². The van der Waals surface area contributed by atoms with E-state index >= 15 is 0 Å². The van der Waals surface area contributed by atoms with Crippen LogP contribution in [0.4, 0.5) is 0 Å². The standard InChI is InChI=1S/C20H23BO3/c1-14(2)11-15-3-7-18(8-4-15)20(22)13-16-5-6-17-9-10-24-21(23)19(17)12-16/h3-8,12,14,23H,9-11,13H2,1-2H3. The Bertz CT molecular complexity index is 722. The van der Waals surface area contributed by atoms with E-state index in [1.807, 2.05) is 42.5 Å². The first-order chi connectivity index (χ1) is 11.5. The number of fused-ring (bicyclic) bond motifs is 1. The van der Waals surface area contributed by atoms with Crippen molar-refractivity contribution in [2.45, 2.75) is 33.1 Å². The zero-order chi connectivity index (χ0) is 17.1. The first-order valence-electron chi connectivity index (χ1n) is 8.56. The minimum Gasteiger partial charge on any atom is -0.423 e. The molecule has 1 heterocycles. The maximum absolute atomic E-state index is 12.5. The molecule has 2 aromatic rings. The van der Waals surface area contributed by atoms with Crippen LogP contribution in [0.1, 0.15) is 40.9 Å². The number of carbonyl (C=O) groups is 1. The topological polar surface area (TPSA) is 46.5 Å². The molecule has 0 radical (unpaired) electrons. The van der Waals surface area contributed by atoms with Crippen molar-refractivity contribution in [2.24, 2.45) is 5.92 Å². The van der Waals surface area contributed by atoms with Gasteiger partial charge in [0.2, 0.25) is 0 Å². The summed E-state index contributed by atoms with van der Waals surface area (Å²) in [7, 11) is -0.876. The largest absolute Gasteiger partial charge is 0.491 e. The van der Waals surface area contributed by atoms with Crippen LogP contribution in [-0.2, 0) is 23.9 Å². The number of Topliss-reactive ketones (excluding diaryl/α,β-unsaturated/α-hetero) is 1. The third kappa shape index (κ3) is 3.95. The van der Waals surface area contributed by atoms with E-state index in [-0.39, 0.29) is 5.78 Å². The highest BCUT2D eigenvalue weighted by atomic mass is 16.5. The smallest absolute Gasteiger partial charge is 0.423 e. The summed E-state index contributed by atoms with van der Waals surface area (Å²) < 4.78 is 5.26. The van der Waals surface area contributed by atoms with E-state index in [2.05, 4.69) is 13.8 Å². The monoisotopic (exact) mass is 322 g/mol. The molecule has 1 N–H and O–H groups in total. The maximum Gasteiger partial charge on any atom is 0.491 e. The van der Waals surface area contributed by atoms with E-state index in [4.69, 9.17) is 4.65 Å². The first kappa shape index (κ1) is 16.9. The molecule has 0 saturated carbocycles. The van der Waals surface area contributed by atoms with Crippen molar-refractivity contribution in [3.63, 3.8) is 0 Å². The Balaban J connectivity index is 1.71. The highest BCUT2D eigenvalue weighted by Crippen LogP contribution is 2.14. The highest BCUT2D eigenvalue weighted by molar-refractivity contribution is 6.60. The quantitative estimate of drug-likeness (QED) is 0.680. The van der Waals surface area contributed by atoms with E-state index in [9.17, 15) is 9.82 Å². The SMILES string of the molecule is CC(C)Cc1ccc(C(=O)Cc2ccc3c(c2)B(O)OCC3)cc1. The van der Waals surface area contributed by atoms with E-state index < -0.39 is 7.12 Å². The molecule has 124 valence electrons. The number of hydrogen-bond donors (Lipinski definition) is 1. The van der Waals surface area contributed by atoms with Crippen LogP contribution in [0.2, 0.25) is 0 Å². The third-order valence-electron chi connectivity index (χ3n) is 4.41. The van der Waals surface area contributed by atoms with Crippen molar-refractivity contribution >= 4 is 18.4 Å². The molecule has 0 unspecified atom stereocenters. The van der Waals surface area contributed by atoms with Crippen molar-refractivity contribution in [3.05, 3.63) is 64.7 Å². The van der Waals surface area contributed by atoms with Gasteiger partial charge in [0.05, 0.1) is 0 Å². The van der Waals surface area contributed by atoms with Crippen molar-refractivity contribution < 1.29 is 14.5 Å². The van der Waals surface area contributed by atoms with Crippen molar-refractivity contribution in [3.8, 4) is 0 Å². The Morgan fingerprint density at radius 1 is 1.17 bits per heavy atom. The molecule has 0 amide bonds. The molecular weight excluding hydrogens is 299 g/mol. The summed E-state index contributed by atoms with van der Waals surface area (Å²) >= 11 is 0. The minimum absolute atomic E-state index is 0.0947. The van der Waals surface area contributed by atoms with Gasteiger partial charge in [-0.15, -0.1) is 0 Å². The summed E-state index contributed by atoms with van der Waals surface area (Å²) in [5.74, 6) is 0.702. The molecule has 0 atom stereocenters. The fraction of sp³-hybridized carbons (Fsp3) is 0.350. The van der Waals surface area contributed by atoms with Gasteiger partial charge in [-0.25, -0.2) is 0 Å². The molecule has 24 heavy (non-hydrogen) atoms. The Morgan fingerprint density at radius 3 is 2.58 bits per heavy atom. The maximum atomic E-state index is 12.5. The number of rotatable bonds is 5. The fourth-order valence-corrected chi connectivity index (χ4v) is 3.17. The van der Waals surface area contributed by atoms with Crippen LogP contribution in [-0.4, -0.2) is 24.5 Å². The summed E-state index contributed by atoms with van der Waals surface area (Å²) in [6, 6.07) is 13.8. The molecule has 1 aliphatic rings. The molecule has 0 spiro atoms. The van der Waals surface area contributed by atoms with E-state index in [0.29, 0.717) is 18.9 Å². The molecule has 0 aromatic heterocycles. The Hall–Kier alpha value is -1.91. The Kier molecular flexibility index (Phi) is 5.17. The molecule has 0 aliphatic carbocycles. The van der Waals surface area contributed by atoms with Crippen LogP contribution in [0.3, 0.4) is 0 Å². The number of hydrogen-bond acceptors (Lipinski definition) is 3. The van der Waals surface area contributed by atoms with E-state index in [1.54, 1.807) is 0 Å². The van der Waals surface area contributed by atoms with E-state index in [1.165, 1.54) is 5.56 Å². The molecule has 0 bridgehead atoms. The van der Waals surface area contributed by atoms with Gasteiger partial charge in [0, 0.05) is 18.6 Å².